The van der Waals surface area contributed by atoms with E-state index in [9.17, 15) is 18.0 Å². The molecule has 0 unspecified atom stereocenters. The van der Waals surface area contributed by atoms with Crippen molar-refractivity contribution in [2.24, 2.45) is 0 Å². The molecule has 0 aliphatic rings. The average molecular weight is 843 g/mol. The summed E-state index contributed by atoms with van der Waals surface area (Å²) in [6, 6.07) is 31.2. The molecular weight excluding hydrogens is 799 g/mol. The lowest BCUT2D eigenvalue weighted by atomic mass is 10.0. The first-order valence-corrected chi connectivity index (χ1v) is 22.9. The van der Waals surface area contributed by atoms with Gasteiger partial charge in [0.15, 0.2) is 7.14 Å². The minimum Gasteiger partial charge on any atom is -0.456 e. The van der Waals surface area contributed by atoms with Crippen LogP contribution in [0.1, 0.15) is 76.7 Å². The van der Waals surface area contributed by atoms with E-state index in [4.69, 9.17) is 11.3 Å². The molecule has 7 rings (SSSR count). The van der Waals surface area contributed by atoms with Crippen LogP contribution in [0.4, 0.5) is 0 Å². The second-order valence-electron chi connectivity index (χ2n) is 13.5. The topological polar surface area (TPSA) is 104 Å². The predicted octanol–water partition coefficient (Wildman–Crippen LogP) is 7.65. The third kappa shape index (κ3) is 8.42. The minimum atomic E-state index is -4.25. The molecule has 2 heterocycles. The number of aryl methyl sites for hydroxylation is 1. The minimum absolute atomic E-state index is 0.0595. The number of unbranched alkanes of at least 4 members (excludes halogenated alkanes) is 9. The Labute approximate surface area is 317 Å². The SMILES string of the molecule is CCCCCCCCCCCCc1ccc(S(=O)(=O)O[I+](c2ccc3oc4ccccc4c(=O)c3c2)c2ccc3oc4ccccc4c(=O)c3c2)cc1. The highest BCUT2D eigenvalue weighted by atomic mass is 127. The van der Waals surface area contributed by atoms with Crippen LogP contribution in [0.3, 0.4) is 0 Å². The average Bonchev–Trinajstić information content (AvgIpc) is 3.18. The molecule has 0 bridgehead atoms. The Morgan fingerprint density at radius 2 is 0.981 bits per heavy atom. The molecule has 0 fully saturated rings. The van der Waals surface area contributed by atoms with Gasteiger partial charge in [0, 0.05) is 12.1 Å². The number of hydrogen-bond donors (Lipinski definition) is 0. The Morgan fingerprint density at radius 3 is 1.49 bits per heavy atom. The van der Waals surface area contributed by atoms with Gasteiger partial charge >= 0.3 is 30.4 Å². The summed E-state index contributed by atoms with van der Waals surface area (Å²) < 4.78 is 47.4. The van der Waals surface area contributed by atoms with E-state index in [-0.39, 0.29) is 15.8 Å². The number of benzene rings is 5. The van der Waals surface area contributed by atoms with Crippen molar-refractivity contribution in [3.05, 3.63) is 142 Å². The number of halogens is 1. The number of para-hydroxylation sites is 2. The summed E-state index contributed by atoms with van der Waals surface area (Å²) in [5.74, 6) is 0. The van der Waals surface area contributed by atoms with Crippen LogP contribution in [0.15, 0.2) is 133 Å². The van der Waals surface area contributed by atoms with Crippen LogP contribution < -0.4 is 31.1 Å². The molecule has 0 amide bonds. The zero-order valence-electron chi connectivity index (χ0n) is 29.8. The summed E-state index contributed by atoms with van der Waals surface area (Å²) in [5, 5.41) is 1.51. The van der Waals surface area contributed by atoms with E-state index in [0.29, 0.717) is 51.0 Å². The van der Waals surface area contributed by atoms with Crippen molar-refractivity contribution in [1.82, 2.24) is 0 Å². The fraction of sp³-hybridized carbons (Fsp3) is 0.273. The molecule has 5 aromatic carbocycles. The molecule has 0 atom stereocenters. The lowest BCUT2D eigenvalue weighted by Crippen LogP contribution is -3.85. The van der Waals surface area contributed by atoms with Crippen LogP contribution in [0, 0.1) is 7.14 Å². The van der Waals surface area contributed by atoms with Gasteiger partial charge in [0.05, 0.1) is 26.4 Å². The normalized spacial score (nSPS) is 12.1. The fourth-order valence-corrected chi connectivity index (χ4v) is 13.8. The van der Waals surface area contributed by atoms with Gasteiger partial charge in [0.2, 0.25) is 10.9 Å². The molecule has 9 heteroatoms. The molecule has 53 heavy (non-hydrogen) atoms. The van der Waals surface area contributed by atoms with Crippen molar-refractivity contribution in [3.63, 3.8) is 0 Å². The van der Waals surface area contributed by atoms with E-state index in [0.717, 1.165) is 24.8 Å². The molecule has 0 saturated heterocycles. The van der Waals surface area contributed by atoms with Gasteiger partial charge in [-0.25, -0.2) is 0 Å². The van der Waals surface area contributed by atoms with E-state index >= 15 is 0 Å². The maximum Gasteiger partial charge on any atom is 0.336 e. The fourth-order valence-electron chi connectivity index (χ4n) is 6.72. The van der Waals surface area contributed by atoms with Gasteiger partial charge in [-0.05, 0) is 81.6 Å². The van der Waals surface area contributed by atoms with Crippen molar-refractivity contribution in [2.45, 2.75) is 82.4 Å². The number of rotatable bonds is 16. The molecule has 7 nitrogen and oxygen atoms in total. The number of fused-ring (bicyclic) bond motifs is 4. The lowest BCUT2D eigenvalue weighted by Gasteiger charge is -2.09. The highest BCUT2D eigenvalue weighted by molar-refractivity contribution is 7.86. The Kier molecular flexibility index (Phi) is 11.7. The lowest BCUT2D eigenvalue weighted by molar-refractivity contribution is -1.03. The molecular formula is C44H43IO7S+. The standard InChI is InChI=1S/C44H43IO7S/c1-2-3-4-5-6-7-8-9-10-11-16-31-21-25-34(26-22-31)53(48,49)52-45(32-23-27-41-37(29-32)43(46)35-17-12-14-19-39(35)50-41)33-24-28-42-38(30-33)44(47)36-18-13-15-20-40(36)51-42/h12-15,17-30H,2-11,16H2,1H3/q+1. The van der Waals surface area contributed by atoms with Gasteiger partial charge in [0.25, 0.3) is 0 Å². The summed E-state index contributed by atoms with van der Waals surface area (Å²) in [6.07, 6.45) is 13.5. The highest BCUT2D eigenvalue weighted by Crippen LogP contribution is 2.21. The largest absolute Gasteiger partial charge is 0.456 e. The monoisotopic (exact) mass is 842 g/mol. The zero-order valence-corrected chi connectivity index (χ0v) is 32.8. The third-order valence-electron chi connectivity index (χ3n) is 9.65. The molecule has 0 saturated carbocycles. The summed E-state index contributed by atoms with van der Waals surface area (Å²) in [6.45, 7) is 2.24. The molecule has 273 valence electrons. The molecule has 7 aromatic rings. The number of hydrogen-bond acceptors (Lipinski definition) is 7. The first-order valence-electron chi connectivity index (χ1n) is 18.5. The van der Waals surface area contributed by atoms with Crippen molar-refractivity contribution in [3.8, 4) is 0 Å². The molecule has 0 aliphatic carbocycles. The Morgan fingerprint density at radius 1 is 0.528 bits per heavy atom. The van der Waals surface area contributed by atoms with Gasteiger partial charge in [-0.1, -0.05) is 101 Å². The van der Waals surface area contributed by atoms with E-state index < -0.39 is 30.4 Å². The van der Waals surface area contributed by atoms with Crippen LogP contribution in [-0.2, 0) is 19.1 Å². The van der Waals surface area contributed by atoms with Crippen LogP contribution in [-0.4, -0.2) is 8.42 Å². The molecule has 1 radical (unpaired) electrons. The van der Waals surface area contributed by atoms with Gasteiger partial charge in [0.1, 0.15) is 22.3 Å². The maximum atomic E-state index is 14.0. The molecule has 0 N–H and O–H groups in total. The van der Waals surface area contributed by atoms with Crippen molar-refractivity contribution < 1.29 is 40.0 Å². The smallest absolute Gasteiger partial charge is 0.336 e. The Balaban J connectivity index is 1.16. The van der Waals surface area contributed by atoms with Gasteiger partial charge < -0.3 is 8.83 Å². The quantitative estimate of drug-likeness (QED) is 0.0560. The summed E-state index contributed by atoms with van der Waals surface area (Å²) >= 11 is -3.38. The van der Waals surface area contributed by atoms with E-state index in [1.54, 1.807) is 97.1 Å². The zero-order chi connectivity index (χ0) is 36.8. The Hall–Kier alpha value is -4.32. The first-order chi connectivity index (χ1) is 25.8. The molecule has 0 spiro atoms. The maximum absolute atomic E-state index is 14.0. The van der Waals surface area contributed by atoms with E-state index in [1.807, 2.05) is 12.1 Å². The van der Waals surface area contributed by atoms with Crippen LogP contribution in [0.5, 0.6) is 0 Å². The van der Waals surface area contributed by atoms with Crippen LogP contribution in [0.2, 0.25) is 0 Å². The van der Waals surface area contributed by atoms with Gasteiger partial charge in [-0.15, -0.1) is 0 Å². The predicted molar refractivity (Wildman–Crippen MR) is 208 cm³/mol. The molecule has 0 aliphatic heterocycles. The summed E-state index contributed by atoms with van der Waals surface area (Å²) in [4.78, 5) is 27.3. The Bertz CT molecular complexity index is 2480. The van der Waals surface area contributed by atoms with Crippen molar-refractivity contribution in [2.75, 3.05) is 0 Å². The van der Waals surface area contributed by atoms with Crippen LogP contribution in [0.25, 0.3) is 43.9 Å². The summed E-state index contributed by atoms with van der Waals surface area (Å²) in [5.41, 5.74) is 2.37. The van der Waals surface area contributed by atoms with Gasteiger partial charge in [-0.3, -0.25) is 9.59 Å². The van der Waals surface area contributed by atoms with Crippen molar-refractivity contribution >= 4 is 54.0 Å². The second-order valence-corrected chi connectivity index (χ2v) is 20.0. The van der Waals surface area contributed by atoms with Crippen molar-refractivity contribution in [1.29, 1.82) is 0 Å². The van der Waals surface area contributed by atoms with Crippen LogP contribution >= 0.6 is 0 Å². The summed E-state index contributed by atoms with van der Waals surface area (Å²) in [7, 11) is -4.25. The van der Waals surface area contributed by atoms with Gasteiger partial charge in [-0.2, -0.15) is 8.42 Å². The molecule has 2 aromatic heterocycles. The van der Waals surface area contributed by atoms with E-state index in [2.05, 4.69) is 6.92 Å². The first kappa shape index (κ1) is 37.0. The highest BCUT2D eigenvalue weighted by Gasteiger charge is 2.39. The third-order valence-corrected chi connectivity index (χ3v) is 16.9. The van der Waals surface area contributed by atoms with E-state index in [1.165, 1.54) is 51.4 Å². The second kappa shape index (κ2) is 16.8.